The number of amides is 1. The van der Waals surface area contributed by atoms with Crippen LogP contribution in [0.25, 0.3) is 0 Å². The monoisotopic (exact) mass is 423 g/mol. The van der Waals surface area contributed by atoms with Gasteiger partial charge in [-0.05, 0) is 71.4 Å². The van der Waals surface area contributed by atoms with Crippen LogP contribution in [0.1, 0.15) is 110 Å². The first kappa shape index (κ1) is 29.1. The molecule has 4 nitrogen and oxygen atoms in total. The molecule has 0 aliphatic heterocycles. The lowest BCUT2D eigenvalue weighted by molar-refractivity contribution is -0.130. The molecule has 0 unspecified atom stereocenters. The van der Waals surface area contributed by atoms with Gasteiger partial charge in [0.05, 0.1) is 6.10 Å². The molecule has 4 heteroatoms. The van der Waals surface area contributed by atoms with Crippen LogP contribution in [0, 0.1) is 6.42 Å². The molecular weight excluding hydrogens is 372 g/mol. The third-order valence-corrected chi connectivity index (χ3v) is 5.65. The minimum Gasteiger partial charge on any atom is -0.393 e. The summed E-state index contributed by atoms with van der Waals surface area (Å²) in [6, 6.07) is 0. The van der Waals surface area contributed by atoms with Crippen LogP contribution in [-0.2, 0) is 4.79 Å². The van der Waals surface area contributed by atoms with Gasteiger partial charge < -0.3 is 15.3 Å². The van der Waals surface area contributed by atoms with E-state index in [2.05, 4.69) is 30.8 Å². The Hall–Kier alpha value is -0.870. The maximum atomic E-state index is 12.1. The van der Waals surface area contributed by atoms with Crippen molar-refractivity contribution in [3.05, 3.63) is 18.6 Å². The summed E-state index contributed by atoms with van der Waals surface area (Å²) in [5.41, 5.74) is 0. The van der Waals surface area contributed by atoms with Crippen molar-refractivity contribution in [3.8, 4) is 0 Å². The number of unbranched alkanes of at least 4 members (excludes halogenated alkanes) is 11. The lowest BCUT2D eigenvalue weighted by Gasteiger charge is -2.17. The van der Waals surface area contributed by atoms with E-state index in [-0.39, 0.29) is 6.10 Å². The Bertz CT molecular complexity index is 398. The molecular formula is C26H51N2O2. The average molecular weight is 424 g/mol. The van der Waals surface area contributed by atoms with E-state index in [0.717, 1.165) is 70.9 Å². The highest BCUT2D eigenvalue weighted by molar-refractivity contribution is 5.75. The minimum absolute atomic E-state index is 0.162. The van der Waals surface area contributed by atoms with Gasteiger partial charge in [-0.3, -0.25) is 4.79 Å². The number of aliphatic hydroxyl groups is 1. The van der Waals surface area contributed by atoms with Gasteiger partial charge in [-0.15, -0.1) is 0 Å². The van der Waals surface area contributed by atoms with Crippen LogP contribution in [0.3, 0.4) is 0 Å². The van der Waals surface area contributed by atoms with Crippen LogP contribution in [0.5, 0.6) is 0 Å². The Labute approximate surface area is 187 Å². The number of aliphatic hydroxyl groups excluding tert-OH is 1. The summed E-state index contributed by atoms with van der Waals surface area (Å²) in [7, 11) is 3.91. The third kappa shape index (κ3) is 20.4. The quantitative estimate of drug-likeness (QED) is 0.165. The first-order valence-corrected chi connectivity index (χ1v) is 12.6. The normalized spacial score (nSPS) is 12.5. The highest BCUT2D eigenvalue weighted by Crippen LogP contribution is 2.11. The first-order chi connectivity index (χ1) is 14.6. The maximum absolute atomic E-state index is 12.1. The van der Waals surface area contributed by atoms with Crippen molar-refractivity contribution >= 4 is 5.91 Å². The second-order valence-electron chi connectivity index (χ2n) is 8.66. The Morgan fingerprint density at radius 2 is 1.67 bits per heavy atom. The van der Waals surface area contributed by atoms with Crippen molar-refractivity contribution in [1.82, 2.24) is 10.2 Å². The molecule has 1 atom stereocenters. The molecule has 0 heterocycles. The molecule has 1 radical (unpaired) electrons. The van der Waals surface area contributed by atoms with Crippen molar-refractivity contribution in [3.63, 3.8) is 0 Å². The summed E-state index contributed by atoms with van der Waals surface area (Å²) < 4.78 is 0. The van der Waals surface area contributed by atoms with Crippen molar-refractivity contribution < 1.29 is 9.90 Å². The number of hydrogen-bond acceptors (Lipinski definition) is 3. The van der Waals surface area contributed by atoms with E-state index in [1.165, 1.54) is 38.5 Å². The molecule has 0 aliphatic carbocycles. The van der Waals surface area contributed by atoms with E-state index < -0.39 is 0 Å². The highest BCUT2D eigenvalue weighted by atomic mass is 16.3. The number of carbonyl (C=O) groups is 1. The molecule has 0 aromatic carbocycles. The SMILES string of the molecule is CCCCCC[C@@H](O)C/C=C\CCCCCCCC(=O)N(C)CCC[CH]CCNC. The number of allylic oxidation sites excluding steroid dienone is 1. The topological polar surface area (TPSA) is 52.6 Å². The average Bonchev–Trinajstić information content (AvgIpc) is 2.74. The maximum Gasteiger partial charge on any atom is 0.222 e. The number of nitrogens with one attached hydrogen (secondary N) is 1. The molecule has 1 amide bonds. The van der Waals surface area contributed by atoms with Crippen LogP contribution in [-0.4, -0.2) is 49.2 Å². The number of nitrogens with zero attached hydrogens (tertiary/aromatic N) is 1. The van der Waals surface area contributed by atoms with Crippen LogP contribution in [0.4, 0.5) is 0 Å². The molecule has 0 aliphatic rings. The van der Waals surface area contributed by atoms with E-state index >= 15 is 0 Å². The van der Waals surface area contributed by atoms with Gasteiger partial charge in [0.15, 0.2) is 0 Å². The fourth-order valence-electron chi connectivity index (χ4n) is 3.54. The molecule has 177 valence electrons. The van der Waals surface area contributed by atoms with Crippen LogP contribution >= 0.6 is 0 Å². The number of rotatable bonds is 22. The van der Waals surface area contributed by atoms with E-state index in [0.29, 0.717) is 12.3 Å². The Kier molecular flexibility index (Phi) is 22.1. The predicted octanol–water partition coefficient (Wildman–Crippen LogP) is 6.05. The molecule has 0 aromatic heterocycles. The van der Waals surface area contributed by atoms with Crippen LogP contribution in [0.2, 0.25) is 0 Å². The van der Waals surface area contributed by atoms with E-state index in [1.807, 2.05) is 19.0 Å². The number of carbonyl (C=O) groups excluding carboxylic acids is 1. The molecule has 0 fully saturated rings. The van der Waals surface area contributed by atoms with Gasteiger partial charge in [0.25, 0.3) is 0 Å². The third-order valence-electron chi connectivity index (χ3n) is 5.65. The zero-order chi connectivity index (χ0) is 22.3. The molecule has 2 N–H and O–H groups in total. The van der Waals surface area contributed by atoms with Crippen LogP contribution < -0.4 is 5.32 Å². The van der Waals surface area contributed by atoms with Gasteiger partial charge in [0, 0.05) is 20.0 Å². The lowest BCUT2D eigenvalue weighted by atomic mass is 10.1. The second kappa shape index (κ2) is 22.8. The van der Waals surface area contributed by atoms with Gasteiger partial charge in [0.2, 0.25) is 5.91 Å². The van der Waals surface area contributed by atoms with Crippen molar-refractivity contribution in [2.45, 2.75) is 116 Å². The molecule has 0 rings (SSSR count). The van der Waals surface area contributed by atoms with Crippen molar-refractivity contribution in [2.24, 2.45) is 0 Å². The van der Waals surface area contributed by atoms with Gasteiger partial charge in [-0.25, -0.2) is 0 Å². The zero-order valence-corrected chi connectivity index (χ0v) is 20.3. The second-order valence-corrected chi connectivity index (χ2v) is 8.66. The number of hydrogen-bond donors (Lipinski definition) is 2. The summed E-state index contributed by atoms with van der Waals surface area (Å²) in [6.07, 6.45) is 24.1. The summed E-state index contributed by atoms with van der Waals surface area (Å²) in [5.74, 6) is 0.293. The van der Waals surface area contributed by atoms with E-state index in [1.54, 1.807) is 0 Å². The van der Waals surface area contributed by atoms with Gasteiger partial charge in [-0.1, -0.05) is 64.0 Å². The van der Waals surface area contributed by atoms with Crippen LogP contribution in [0.15, 0.2) is 12.2 Å². The molecule has 0 spiro atoms. The first-order valence-electron chi connectivity index (χ1n) is 12.6. The molecule has 0 saturated heterocycles. The fourth-order valence-corrected chi connectivity index (χ4v) is 3.54. The predicted molar refractivity (Wildman–Crippen MR) is 131 cm³/mol. The smallest absolute Gasteiger partial charge is 0.222 e. The minimum atomic E-state index is -0.162. The Morgan fingerprint density at radius 1 is 0.933 bits per heavy atom. The summed E-state index contributed by atoms with van der Waals surface area (Å²) in [6.45, 7) is 4.12. The van der Waals surface area contributed by atoms with E-state index in [9.17, 15) is 9.90 Å². The standard InChI is InChI=1S/C26H51N2O2/c1-4-5-6-15-20-25(29)21-16-11-9-7-8-10-12-17-22-26(30)28(3)24-19-14-13-18-23-27-2/h11,13,16,25,27,29H,4-10,12,14-15,17-24H2,1-3H3/b16-11-/t25-/m1/s1. The molecule has 0 saturated carbocycles. The highest BCUT2D eigenvalue weighted by Gasteiger charge is 2.07. The molecule has 0 bridgehead atoms. The zero-order valence-electron chi connectivity index (χ0n) is 20.3. The summed E-state index contributed by atoms with van der Waals surface area (Å²) in [5, 5.41) is 13.1. The Morgan fingerprint density at radius 3 is 2.43 bits per heavy atom. The van der Waals surface area contributed by atoms with Crippen molar-refractivity contribution in [2.75, 3.05) is 27.2 Å². The van der Waals surface area contributed by atoms with E-state index in [4.69, 9.17) is 0 Å². The molecule has 0 aromatic rings. The summed E-state index contributed by atoms with van der Waals surface area (Å²) >= 11 is 0. The fraction of sp³-hybridized carbons (Fsp3) is 0.846. The Balaban J connectivity index is 3.44. The van der Waals surface area contributed by atoms with Gasteiger partial charge in [0.1, 0.15) is 0 Å². The van der Waals surface area contributed by atoms with Gasteiger partial charge in [-0.2, -0.15) is 0 Å². The van der Waals surface area contributed by atoms with Gasteiger partial charge >= 0.3 is 0 Å². The largest absolute Gasteiger partial charge is 0.393 e. The van der Waals surface area contributed by atoms with Crippen molar-refractivity contribution in [1.29, 1.82) is 0 Å². The summed E-state index contributed by atoms with van der Waals surface area (Å²) in [4.78, 5) is 14.0. The lowest BCUT2D eigenvalue weighted by Crippen LogP contribution is -2.27. The molecule has 30 heavy (non-hydrogen) atoms.